The highest BCUT2D eigenvalue weighted by Crippen LogP contribution is 2.25. The van der Waals surface area contributed by atoms with Gasteiger partial charge >= 0.3 is 0 Å². The van der Waals surface area contributed by atoms with Gasteiger partial charge in [0, 0.05) is 27.2 Å². The summed E-state index contributed by atoms with van der Waals surface area (Å²) in [5.74, 6) is 0. The number of aliphatic hydroxyl groups excluding tert-OH is 1. The number of hydrogen-bond acceptors (Lipinski definition) is 4. The molecule has 2 aromatic heterocycles. The molecule has 1 unspecified atom stereocenters. The SMILES string of the molecule is CCc1ccc(CC(O)c2nc(C)cs2)s1. The van der Waals surface area contributed by atoms with Crippen LogP contribution in [0.15, 0.2) is 17.5 Å². The van der Waals surface area contributed by atoms with Crippen LogP contribution < -0.4 is 0 Å². The van der Waals surface area contributed by atoms with E-state index in [4.69, 9.17) is 0 Å². The largest absolute Gasteiger partial charge is 0.386 e. The molecule has 1 atom stereocenters. The van der Waals surface area contributed by atoms with E-state index in [2.05, 4.69) is 24.0 Å². The third-order valence-corrected chi connectivity index (χ3v) is 4.70. The zero-order valence-corrected chi connectivity index (χ0v) is 11.1. The second kappa shape index (κ2) is 5.08. The molecule has 2 aromatic rings. The maximum atomic E-state index is 10.0. The van der Waals surface area contributed by atoms with E-state index in [-0.39, 0.29) is 0 Å². The van der Waals surface area contributed by atoms with Crippen molar-refractivity contribution in [2.45, 2.75) is 32.8 Å². The monoisotopic (exact) mass is 253 g/mol. The number of hydrogen-bond donors (Lipinski definition) is 1. The molecule has 16 heavy (non-hydrogen) atoms. The molecule has 0 fully saturated rings. The summed E-state index contributed by atoms with van der Waals surface area (Å²) in [7, 11) is 0. The Balaban J connectivity index is 2.04. The topological polar surface area (TPSA) is 33.1 Å². The molecule has 0 radical (unpaired) electrons. The van der Waals surface area contributed by atoms with Crippen molar-refractivity contribution in [3.05, 3.63) is 38.0 Å². The molecule has 86 valence electrons. The zero-order valence-electron chi connectivity index (χ0n) is 9.43. The van der Waals surface area contributed by atoms with Crippen LogP contribution in [-0.2, 0) is 12.8 Å². The average molecular weight is 253 g/mol. The smallest absolute Gasteiger partial charge is 0.122 e. The Morgan fingerprint density at radius 2 is 2.12 bits per heavy atom. The van der Waals surface area contributed by atoms with Crippen molar-refractivity contribution in [1.29, 1.82) is 0 Å². The van der Waals surface area contributed by atoms with Crippen molar-refractivity contribution in [2.24, 2.45) is 0 Å². The number of nitrogens with zero attached hydrogens (tertiary/aromatic N) is 1. The zero-order chi connectivity index (χ0) is 11.5. The maximum Gasteiger partial charge on any atom is 0.122 e. The molecule has 2 nitrogen and oxygen atoms in total. The van der Waals surface area contributed by atoms with Gasteiger partial charge in [0.2, 0.25) is 0 Å². The molecule has 0 aliphatic heterocycles. The lowest BCUT2D eigenvalue weighted by Crippen LogP contribution is -1.99. The summed E-state index contributed by atoms with van der Waals surface area (Å²) in [5.41, 5.74) is 0.986. The molecule has 2 heterocycles. The van der Waals surface area contributed by atoms with Crippen molar-refractivity contribution in [1.82, 2.24) is 4.98 Å². The van der Waals surface area contributed by atoms with E-state index in [0.717, 1.165) is 17.1 Å². The quantitative estimate of drug-likeness (QED) is 0.906. The van der Waals surface area contributed by atoms with Gasteiger partial charge in [0.15, 0.2) is 0 Å². The number of rotatable bonds is 4. The molecule has 0 saturated carbocycles. The number of aromatic nitrogens is 1. The van der Waals surface area contributed by atoms with Crippen LogP contribution in [0, 0.1) is 6.92 Å². The Hall–Kier alpha value is -0.710. The summed E-state index contributed by atoms with van der Waals surface area (Å²) in [6, 6.07) is 4.24. The number of thiazole rings is 1. The average Bonchev–Trinajstić information content (AvgIpc) is 2.87. The first-order valence-corrected chi connectivity index (χ1v) is 7.06. The van der Waals surface area contributed by atoms with Crippen molar-refractivity contribution < 1.29 is 5.11 Å². The molecule has 0 amide bonds. The highest BCUT2D eigenvalue weighted by molar-refractivity contribution is 7.12. The van der Waals surface area contributed by atoms with E-state index in [0.29, 0.717) is 6.42 Å². The number of thiophene rings is 1. The summed E-state index contributed by atoms with van der Waals surface area (Å²) in [6.45, 7) is 4.10. The van der Waals surface area contributed by atoms with Crippen LogP contribution in [0.2, 0.25) is 0 Å². The van der Waals surface area contributed by atoms with Crippen LogP contribution in [0.4, 0.5) is 0 Å². The lowest BCUT2D eigenvalue weighted by molar-refractivity contribution is 0.179. The first kappa shape index (κ1) is 11.8. The predicted octanol–water partition coefficient (Wildman–Crippen LogP) is 3.35. The molecular weight excluding hydrogens is 238 g/mol. The molecule has 2 rings (SSSR count). The molecular formula is C12H15NOS2. The summed E-state index contributed by atoms with van der Waals surface area (Å²) < 4.78 is 0. The van der Waals surface area contributed by atoms with Crippen molar-refractivity contribution >= 4 is 22.7 Å². The highest BCUT2D eigenvalue weighted by atomic mass is 32.1. The molecule has 4 heteroatoms. The third kappa shape index (κ3) is 2.70. The molecule has 0 aromatic carbocycles. The molecule has 1 N–H and O–H groups in total. The fraction of sp³-hybridized carbons (Fsp3) is 0.417. The molecule has 0 aliphatic rings. The van der Waals surface area contributed by atoms with Crippen LogP contribution >= 0.6 is 22.7 Å². The lowest BCUT2D eigenvalue weighted by Gasteiger charge is -2.04. The maximum absolute atomic E-state index is 10.0. The van der Waals surface area contributed by atoms with Gasteiger partial charge in [-0.2, -0.15) is 0 Å². The lowest BCUT2D eigenvalue weighted by atomic mass is 10.2. The summed E-state index contributed by atoms with van der Waals surface area (Å²) >= 11 is 3.31. The second-order valence-electron chi connectivity index (χ2n) is 3.77. The number of aliphatic hydroxyl groups is 1. The van der Waals surface area contributed by atoms with Gasteiger partial charge < -0.3 is 5.11 Å². The Kier molecular flexibility index (Phi) is 3.74. The van der Waals surface area contributed by atoms with Crippen molar-refractivity contribution in [3.8, 4) is 0 Å². The van der Waals surface area contributed by atoms with Gasteiger partial charge in [0.1, 0.15) is 11.1 Å². The minimum Gasteiger partial charge on any atom is -0.386 e. The van der Waals surface area contributed by atoms with Gasteiger partial charge in [-0.05, 0) is 25.5 Å². The fourth-order valence-corrected chi connectivity index (χ4v) is 3.30. The van der Waals surface area contributed by atoms with E-state index < -0.39 is 6.10 Å². The van der Waals surface area contributed by atoms with Crippen molar-refractivity contribution in [3.63, 3.8) is 0 Å². The molecule has 0 saturated heterocycles. The molecule has 0 aliphatic carbocycles. The van der Waals surface area contributed by atoms with E-state index in [1.165, 1.54) is 21.1 Å². The summed E-state index contributed by atoms with van der Waals surface area (Å²) in [4.78, 5) is 6.91. The molecule has 0 spiro atoms. The fourth-order valence-electron chi connectivity index (χ4n) is 1.53. The first-order chi connectivity index (χ1) is 7.69. The number of aryl methyl sites for hydroxylation is 2. The molecule has 0 bridgehead atoms. The van der Waals surface area contributed by atoms with Crippen LogP contribution in [-0.4, -0.2) is 10.1 Å². The Morgan fingerprint density at radius 1 is 1.38 bits per heavy atom. The Bertz CT molecular complexity index is 461. The van der Waals surface area contributed by atoms with Crippen LogP contribution in [0.1, 0.15) is 33.5 Å². The van der Waals surface area contributed by atoms with Gasteiger partial charge in [0.25, 0.3) is 0 Å². The van der Waals surface area contributed by atoms with Gasteiger partial charge in [0.05, 0.1) is 0 Å². The Labute approximate surface area is 104 Å². The standard InChI is InChI=1S/C12H15NOS2/c1-3-9-4-5-10(16-9)6-11(14)12-13-8(2)7-15-12/h4-5,7,11,14H,3,6H2,1-2H3. The first-order valence-electron chi connectivity index (χ1n) is 5.36. The summed E-state index contributed by atoms with van der Waals surface area (Å²) in [6.07, 6.45) is 1.29. The van der Waals surface area contributed by atoms with Gasteiger partial charge in [-0.25, -0.2) is 4.98 Å². The van der Waals surface area contributed by atoms with Crippen molar-refractivity contribution in [2.75, 3.05) is 0 Å². The van der Waals surface area contributed by atoms with Gasteiger partial charge in [-0.1, -0.05) is 6.92 Å². The van der Waals surface area contributed by atoms with E-state index in [1.807, 2.05) is 12.3 Å². The Morgan fingerprint density at radius 3 is 2.69 bits per heavy atom. The second-order valence-corrected chi connectivity index (χ2v) is 5.91. The normalized spacial score (nSPS) is 12.9. The van der Waals surface area contributed by atoms with Crippen LogP contribution in [0.25, 0.3) is 0 Å². The van der Waals surface area contributed by atoms with E-state index in [9.17, 15) is 5.11 Å². The van der Waals surface area contributed by atoms with E-state index >= 15 is 0 Å². The minimum atomic E-state index is -0.456. The predicted molar refractivity (Wildman–Crippen MR) is 69.2 cm³/mol. The highest BCUT2D eigenvalue weighted by Gasteiger charge is 2.13. The third-order valence-electron chi connectivity index (χ3n) is 2.38. The van der Waals surface area contributed by atoms with E-state index in [1.54, 1.807) is 11.3 Å². The van der Waals surface area contributed by atoms with Gasteiger partial charge in [-0.15, -0.1) is 22.7 Å². The van der Waals surface area contributed by atoms with Crippen LogP contribution in [0.3, 0.4) is 0 Å². The van der Waals surface area contributed by atoms with Crippen LogP contribution in [0.5, 0.6) is 0 Å². The minimum absolute atomic E-state index is 0.456. The van der Waals surface area contributed by atoms with Gasteiger partial charge in [-0.3, -0.25) is 0 Å². The summed E-state index contributed by atoms with van der Waals surface area (Å²) in [5, 5.41) is 12.8.